The fourth-order valence-corrected chi connectivity index (χ4v) is 2.95. The monoisotopic (exact) mass is 368 g/mol. The van der Waals surface area contributed by atoms with Crippen molar-refractivity contribution in [3.63, 3.8) is 0 Å². The molecule has 2 amide bonds. The molecule has 0 aliphatic carbocycles. The van der Waals surface area contributed by atoms with Crippen LogP contribution in [0.15, 0.2) is 60.7 Å². The number of nitrogens with one attached hydrogen (secondary N) is 1. The Morgan fingerprint density at radius 1 is 1.00 bits per heavy atom. The van der Waals surface area contributed by atoms with Gasteiger partial charge in [0.25, 0.3) is 0 Å². The van der Waals surface area contributed by atoms with E-state index in [4.69, 9.17) is 5.11 Å². The van der Waals surface area contributed by atoms with Crippen molar-refractivity contribution in [2.45, 2.75) is 38.8 Å². The molecule has 5 heteroatoms. The van der Waals surface area contributed by atoms with E-state index in [1.54, 1.807) is 4.90 Å². The van der Waals surface area contributed by atoms with Crippen LogP contribution in [0.25, 0.3) is 0 Å². The molecular formula is C22H28N2O3. The van der Waals surface area contributed by atoms with Gasteiger partial charge in [-0.15, -0.1) is 0 Å². The number of hydrogen-bond acceptors (Lipinski definition) is 3. The molecule has 27 heavy (non-hydrogen) atoms. The summed E-state index contributed by atoms with van der Waals surface area (Å²) >= 11 is 0. The second-order valence-electron chi connectivity index (χ2n) is 6.43. The Kier molecular flexibility index (Phi) is 8.52. The Morgan fingerprint density at radius 2 is 1.59 bits per heavy atom. The predicted octanol–water partition coefficient (Wildman–Crippen LogP) is 2.54. The Balaban J connectivity index is 2.26. The smallest absolute Gasteiger partial charge is 0.243 e. The van der Waals surface area contributed by atoms with E-state index in [-0.39, 0.29) is 18.4 Å². The maximum atomic E-state index is 12.9. The number of nitrogens with zero attached hydrogens (tertiary/aromatic N) is 1. The Morgan fingerprint density at radius 3 is 2.15 bits per heavy atom. The first-order valence-corrected chi connectivity index (χ1v) is 9.41. The third-order valence-electron chi connectivity index (χ3n) is 4.40. The Hall–Kier alpha value is -2.66. The number of rotatable bonds is 10. The van der Waals surface area contributed by atoms with Gasteiger partial charge >= 0.3 is 0 Å². The van der Waals surface area contributed by atoms with Crippen LogP contribution in [0.5, 0.6) is 0 Å². The van der Waals surface area contributed by atoms with Crippen molar-refractivity contribution in [2.24, 2.45) is 0 Å². The summed E-state index contributed by atoms with van der Waals surface area (Å²) in [7, 11) is 0. The lowest BCUT2D eigenvalue weighted by Gasteiger charge is -2.31. The summed E-state index contributed by atoms with van der Waals surface area (Å²) in [6.07, 6.45) is 1.27. The molecule has 0 unspecified atom stereocenters. The van der Waals surface area contributed by atoms with Crippen LogP contribution in [-0.2, 0) is 22.6 Å². The van der Waals surface area contributed by atoms with Gasteiger partial charge < -0.3 is 15.3 Å². The van der Waals surface area contributed by atoms with Gasteiger partial charge in [0.1, 0.15) is 6.04 Å². The van der Waals surface area contributed by atoms with Crippen molar-refractivity contribution in [3.8, 4) is 0 Å². The summed E-state index contributed by atoms with van der Waals surface area (Å²) in [6, 6.07) is 18.8. The average Bonchev–Trinajstić information content (AvgIpc) is 2.71. The van der Waals surface area contributed by atoms with Crippen LogP contribution in [-0.4, -0.2) is 41.0 Å². The van der Waals surface area contributed by atoms with Crippen molar-refractivity contribution < 1.29 is 14.7 Å². The van der Waals surface area contributed by atoms with Crippen molar-refractivity contribution >= 4 is 11.8 Å². The number of benzene rings is 2. The van der Waals surface area contributed by atoms with E-state index in [0.29, 0.717) is 32.4 Å². The Bertz CT molecular complexity index is 704. The van der Waals surface area contributed by atoms with E-state index < -0.39 is 6.04 Å². The molecule has 2 aromatic carbocycles. The van der Waals surface area contributed by atoms with Crippen LogP contribution in [0.1, 0.15) is 30.9 Å². The maximum Gasteiger partial charge on any atom is 0.243 e. The topological polar surface area (TPSA) is 69.6 Å². The molecule has 0 aliphatic heterocycles. The largest absolute Gasteiger partial charge is 0.396 e. The highest BCUT2D eigenvalue weighted by atomic mass is 16.3. The lowest BCUT2D eigenvalue weighted by Crippen LogP contribution is -2.50. The van der Waals surface area contributed by atoms with Gasteiger partial charge in [-0.1, -0.05) is 67.6 Å². The van der Waals surface area contributed by atoms with Gasteiger partial charge in [-0.05, 0) is 17.5 Å². The van der Waals surface area contributed by atoms with Crippen molar-refractivity contribution in [3.05, 3.63) is 71.8 Å². The van der Waals surface area contributed by atoms with Gasteiger partial charge in [-0.25, -0.2) is 0 Å². The van der Waals surface area contributed by atoms with E-state index >= 15 is 0 Å². The highest BCUT2D eigenvalue weighted by molar-refractivity contribution is 5.87. The van der Waals surface area contributed by atoms with Crippen LogP contribution in [0.4, 0.5) is 0 Å². The quantitative estimate of drug-likeness (QED) is 0.633. The average molecular weight is 368 g/mol. The summed E-state index contributed by atoms with van der Waals surface area (Å²) < 4.78 is 0. The van der Waals surface area contributed by atoms with E-state index in [2.05, 4.69) is 5.32 Å². The van der Waals surface area contributed by atoms with Crippen LogP contribution in [0.3, 0.4) is 0 Å². The van der Waals surface area contributed by atoms with E-state index in [1.807, 2.05) is 67.6 Å². The van der Waals surface area contributed by atoms with Crippen LogP contribution < -0.4 is 5.32 Å². The lowest BCUT2D eigenvalue weighted by molar-refractivity contribution is -0.141. The van der Waals surface area contributed by atoms with Crippen LogP contribution in [0, 0.1) is 0 Å². The maximum absolute atomic E-state index is 12.9. The van der Waals surface area contributed by atoms with Gasteiger partial charge in [0, 0.05) is 32.5 Å². The molecule has 0 spiro atoms. The SMILES string of the molecule is CCC(=O)N(Cc1ccccc1)[C@H](Cc1ccccc1)C(=O)NCCCO. The molecular weight excluding hydrogens is 340 g/mol. The van der Waals surface area contributed by atoms with Gasteiger partial charge in [0.05, 0.1) is 0 Å². The van der Waals surface area contributed by atoms with E-state index in [0.717, 1.165) is 11.1 Å². The fourth-order valence-electron chi connectivity index (χ4n) is 2.95. The summed E-state index contributed by atoms with van der Waals surface area (Å²) in [5.74, 6) is -0.248. The summed E-state index contributed by atoms with van der Waals surface area (Å²) in [5, 5.41) is 11.8. The van der Waals surface area contributed by atoms with Crippen molar-refractivity contribution in [1.29, 1.82) is 0 Å². The zero-order valence-electron chi connectivity index (χ0n) is 15.8. The first-order chi connectivity index (χ1) is 13.2. The molecule has 1 atom stereocenters. The molecule has 0 heterocycles. The second-order valence-corrected chi connectivity index (χ2v) is 6.43. The molecule has 0 saturated heterocycles. The second kappa shape index (κ2) is 11.1. The van der Waals surface area contributed by atoms with Crippen molar-refractivity contribution in [1.82, 2.24) is 10.2 Å². The summed E-state index contributed by atoms with van der Waals surface area (Å²) in [4.78, 5) is 27.2. The molecule has 2 aromatic rings. The third kappa shape index (κ3) is 6.53. The molecule has 2 rings (SSSR count). The first-order valence-electron chi connectivity index (χ1n) is 9.41. The highest BCUT2D eigenvalue weighted by Gasteiger charge is 2.29. The lowest BCUT2D eigenvalue weighted by atomic mass is 10.0. The number of aliphatic hydroxyl groups excluding tert-OH is 1. The van der Waals surface area contributed by atoms with E-state index in [1.165, 1.54) is 0 Å². The third-order valence-corrected chi connectivity index (χ3v) is 4.40. The standard InChI is InChI=1S/C22H28N2O3/c1-2-21(26)24(17-19-12-7-4-8-13-19)20(22(27)23-14-9-15-25)16-18-10-5-3-6-11-18/h3-8,10-13,20,25H,2,9,14-17H2,1H3,(H,23,27)/t20-/m1/s1. The predicted molar refractivity (Wildman–Crippen MR) is 106 cm³/mol. The summed E-state index contributed by atoms with van der Waals surface area (Å²) in [5.41, 5.74) is 1.99. The summed E-state index contributed by atoms with van der Waals surface area (Å²) in [6.45, 7) is 2.60. The zero-order chi connectivity index (χ0) is 19.5. The molecule has 2 N–H and O–H groups in total. The van der Waals surface area contributed by atoms with Crippen LogP contribution >= 0.6 is 0 Å². The molecule has 0 radical (unpaired) electrons. The fraction of sp³-hybridized carbons (Fsp3) is 0.364. The van der Waals surface area contributed by atoms with Gasteiger partial charge in [0.15, 0.2) is 0 Å². The molecule has 0 bridgehead atoms. The molecule has 5 nitrogen and oxygen atoms in total. The Labute approximate surface area is 161 Å². The van der Waals surface area contributed by atoms with Crippen molar-refractivity contribution in [2.75, 3.05) is 13.2 Å². The number of aliphatic hydroxyl groups is 1. The zero-order valence-corrected chi connectivity index (χ0v) is 15.8. The molecule has 0 aromatic heterocycles. The normalized spacial score (nSPS) is 11.6. The van der Waals surface area contributed by atoms with Crippen LogP contribution in [0.2, 0.25) is 0 Å². The number of amides is 2. The first kappa shape index (κ1) is 20.6. The van der Waals surface area contributed by atoms with Gasteiger partial charge in [-0.2, -0.15) is 0 Å². The minimum absolute atomic E-state index is 0.0191. The minimum atomic E-state index is -0.598. The minimum Gasteiger partial charge on any atom is -0.396 e. The molecule has 0 saturated carbocycles. The molecule has 0 fully saturated rings. The van der Waals surface area contributed by atoms with Gasteiger partial charge in [-0.3, -0.25) is 9.59 Å². The number of hydrogen-bond donors (Lipinski definition) is 2. The van der Waals surface area contributed by atoms with E-state index in [9.17, 15) is 9.59 Å². The molecule has 144 valence electrons. The number of carbonyl (C=O) groups excluding carboxylic acids is 2. The highest BCUT2D eigenvalue weighted by Crippen LogP contribution is 2.15. The molecule has 0 aliphatic rings. The number of carbonyl (C=O) groups is 2. The van der Waals surface area contributed by atoms with Gasteiger partial charge in [0.2, 0.25) is 11.8 Å².